The van der Waals surface area contributed by atoms with E-state index in [1.807, 2.05) is 24.3 Å². The first kappa shape index (κ1) is 22.4. The van der Waals surface area contributed by atoms with Gasteiger partial charge in [0.2, 0.25) is 6.79 Å². The fraction of sp³-hybridized carbons (Fsp3) is 0.321. The molecular formula is C28H29ClN4O2. The fourth-order valence-corrected chi connectivity index (χ4v) is 5.25. The summed E-state index contributed by atoms with van der Waals surface area (Å²) in [6, 6.07) is 22.7. The highest BCUT2D eigenvalue weighted by Gasteiger charge is 2.20. The molecule has 0 amide bonds. The van der Waals surface area contributed by atoms with Gasteiger partial charge in [-0.3, -0.25) is 9.80 Å². The average Bonchev–Trinajstić information content (AvgIpc) is 3.40. The minimum Gasteiger partial charge on any atom is -0.454 e. The first-order valence-corrected chi connectivity index (χ1v) is 12.6. The second kappa shape index (κ2) is 9.90. The van der Waals surface area contributed by atoms with Gasteiger partial charge < -0.3 is 14.0 Å². The van der Waals surface area contributed by atoms with Crippen molar-refractivity contribution in [2.75, 3.05) is 33.0 Å². The number of benzene rings is 3. The Labute approximate surface area is 210 Å². The molecule has 2 aliphatic heterocycles. The molecule has 0 spiro atoms. The molecule has 0 radical (unpaired) electrons. The third-order valence-corrected chi connectivity index (χ3v) is 7.28. The SMILES string of the molecule is Clc1ccccc1Cn1c(CN2CCCN(Cc3ccc4c(c3)OCO4)CC2)nc2ccccc21. The van der Waals surface area contributed by atoms with E-state index in [2.05, 4.69) is 56.8 Å². The van der Waals surface area contributed by atoms with Crippen LogP contribution in [0.5, 0.6) is 11.5 Å². The maximum absolute atomic E-state index is 6.51. The van der Waals surface area contributed by atoms with E-state index in [9.17, 15) is 0 Å². The lowest BCUT2D eigenvalue weighted by Gasteiger charge is -2.22. The van der Waals surface area contributed by atoms with Gasteiger partial charge in [-0.2, -0.15) is 0 Å². The van der Waals surface area contributed by atoms with Crippen LogP contribution in [-0.2, 0) is 19.6 Å². The highest BCUT2D eigenvalue weighted by Crippen LogP contribution is 2.33. The van der Waals surface area contributed by atoms with Crippen LogP contribution in [0.25, 0.3) is 11.0 Å². The summed E-state index contributed by atoms with van der Waals surface area (Å²) >= 11 is 6.51. The summed E-state index contributed by atoms with van der Waals surface area (Å²) in [4.78, 5) is 10.1. The quantitative estimate of drug-likeness (QED) is 0.374. The Hall–Kier alpha value is -3.06. The van der Waals surface area contributed by atoms with Crippen molar-refractivity contribution in [1.82, 2.24) is 19.4 Å². The highest BCUT2D eigenvalue weighted by atomic mass is 35.5. The molecule has 1 saturated heterocycles. The summed E-state index contributed by atoms with van der Waals surface area (Å²) in [5, 5.41) is 0.796. The van der Waals surface area contributed by atoms with Crippen LogP contribution in [0.1, 0.15) is 23.4 Å². The zero-order valence-electron chi connectivity index (χ0n) is 19.7. The Balaban J connectivity index is 1.16. The molecule has 7 heteroatoms. The Morgan fingerprint density at radius 1 is 0.771 bits per heavy atom. The van der Waals surface area contributed by atoms with E-state index in [-0.39, 0.29) is 0 Å². The molecule has 0 N–H and O–H groups in total. The molecule has 3 heterocycles. The minimum absolute atomic E-state index is 0.318. The number of aromatic nitrogens is 2. The first-order chi connectivity index (χ1) is 17.2. The standard InChI is InChI=1S/C28H29ClN4O2/c29-23-7-2-1-6-22(23)18-33-25-9-4-3-8-24(25)30-28(33)19-32-13-5-12-31(14-15-32)17-21-10-11-26-27(16-21)35-20-34-26/h1-4,6-11,16H,5,12-15,17-20H2. The van der Waals surface area contributed by atoms with Crippen LogP contribution in [0.3, 0.4) is 0 Å². The van der Waals surface area contributed by atoms with E-state index in [1.54, 1.807) is 0 Å². The van der Waals surface area contributed by atoms with Gasteiger partial charge in [-0.15, -0.1) is 0 Å². The smallest absolute Gasteiger partial charge is 0.231 e. The number of rotatable bonds is 6. The maximum Gasteiger partial charge on any atom is 0.231 e. The number of hydrogen-bond acceptors (Lipinski definition) is 5. The van der Waals surface area contributed by atoms with Gasteiger partial charge in [0.1, 0.15) is 5.82 Å². The second-order valence-corrected chi connectivity index (χ2v) is 9.69. The Morgan fingerprint density at radius 3 is 2.43 bits per heavy atom. The van der Waals surface area contributed by atoms with Crippen LogP contribution in [0, 0.1) is 0 Å². The van der Waals surface area contributed by atoms with E-state index in [4.69, 9.17) is 26.1 Å². The molecule has 0 unspecified atom stereocenters. The molecule has 0 bridgehead atoms. The van der Waals surface area contributed by atoms with E-state index >= 15 is 0 Å². The second-order valence-electron chi connectivity index (χ2n) is 9.29. The van der Waals surface area contributed by atoms with Gasteiger partial charge in [0.25, 0.3) is 0 Å². The number of nitrogens with zero attached hydrogens (tertiary/aromatic N) is 4. The Morgan fingerprint density at radius 2 is 1.54 bits per heavy atom. The topological polar surface area (TPSA) is 42.8 Å². The van der Waals surface area contributed by atoms with Crippen molar-refractivity contribution in [3.05, 3.63) is 88.7 Å². The number of ether oxygens (including phenoxy) is 2. The molecule has 2 aliphatic rings. The predicted molar refractivity (Wildman–Crippen MR) is 138 cm³/mol. The van der Waals surface area contributed by atoms with Crippen molar-refractivity contribution in [1.29, 1.82) is 0 Å². The fourth-order valence-electron chi connectivity index (χ4n) is 5.06. The maximum atomic E-state index is 6.51. The lowest BCUT2D eigenvalue weighted by Crippen LogP contribution is -2.31. The lowest BCUT2D eigenvalue weighted by atomic mass is 10.2. The molecule has 4 aromatic rings. The molecule has 0 aliphatic carbocycles. The number of fused-ring (bicyclic) bond motifs is 2. The van der Waals surface area contributed by atoms with Gasteiger partial charge in [-0.1, -0.05) is 48.0 Å². The zero-order chi connectivity index (χ0) is 23.6. The van der Waals surface area contributed by atoms with Gasteiger partial charge >= 0.3 is 0 Å². The molecule has 0 atom stereocenters. The summed E-state index contributed by atoms with van der Waals surface area (Å²) in [5.74, 6) is 2.79. The van der Waals surface area contributed by atoms with Crippen LogP contribution < -0.4 is 9.47 Å². The van der Waals surface area contributed by atoms with Gasteiger partial charge in [0, 0.05) is 24.7 Å². The summed E-state index contributed by atoms with van der Waals surface area (Å²) in [6.07, 6.45) is 1.13. The lowest BCUT2D eigenvalue weighted by molar-refractivity contribution is 0.174. The van der Waals surface area contributed by atoms with E-state index < -0.39 is 0 Å². The molecule has 6 rings (SSSR count). The van der Waals surface area contributed by atoms with E-state index in [1.165, 1.54) is 5.56 Å². The number of halogens is 1. The van der Waals surface area contributed by atoms with Gasteiger partial charge in [-0.05, 0) is 61.0 Å². The van der Waals surface area contributed by atoms with Crippen molar-refractivity contribution < 1.29 is 9.47 Å². The molecular weight excluding hydrogens is 460 g/mol. The van der Waals surface area contributed by atoms with Crippen LogP contribution in [0.2, 0.25) is 5.02 Å². The largest absolute Gasteiger partial charge is 0.454 e. The molecule has 3 aromatic carbocycles. The Kier molecular flexibility index (Phi) is 6.34. The van der Waals surface area contributed by atoms with Crippen molar-refractivity contribution in [3.8, 4) is 11.5 Å². The van der Waals surface area contributed by atoms with Gasteiger partial charge in [0.15, 0.2) is 11.5 Å². The molecule has 0 saturated carbocycles. The van der Waals surface area contributed by atoms with Gasteiger partial charge in [-0.25, -0.2) is 4.98 Å². The average molecular weight is 489 g/mol. The Bertz CT molecular complexity index is 1340. The number of para-hydroxylation sites is 2. The first-order valence-electron chi connectivity index (χ1n) is 12.2. The number of imidazole rings is 1. The van der Waals surface area contributed by atoms with Crippen LogP contribution in [0.4, 0.5) is 0 Å². The normalized spacial score (nSPS) is 16.6. The summed E-state index contributed by atoms with van der Waals surface area (Å²) in [6.45, 7) is 6.98. The molecule has 35 heavy (non-hydrogen) atoms. The zero-order valence-corrected chi connectivity index (χ0v) is 20.5. The number of hydrogen-bond donors (Lipinski definition) is 0. The minimum atomic E-state index is 0.318. The molecule has 180 valence electrons. The monoisotopic (exact) mass is 488 g/mol. The highest BCUT2D eigenvalue weighted by molar-refractivity contribution is 6.31. The molecule has 1 aromatic heterocycles. The van der Waals surface area contributed by atoms with Crippen molar-refractivity contribution in [2.45, 2.75) is 26.1 Å². The molecule has 6 nitrogen and oxygen atoms in total. The third-order valence-electron chi connectivity index (χ3n) is 6.91. The van der Waals surface area contributed by atoms with Crippen molar-refractivity contribution in [2.24, 2.45) is 0 Å². The van der Waals surface area contributed by atoms with E-state index in [0.717, 1.165) is 91.2 Å². The summed E-state index contributed by atoms with van der Waals surface area (Å²) in [5.41, 5.74) is 4.57. The third kappa shape index (κ3) is 4.87. The molecule has 1 fully saturated rings. The van der Waals surface area contributed by atoms with Crippen LogP contribution >= 0.6 is 11.6 Å². The van der Waals surface area contributed by atoms with Crippen molar-refractivity contribution >= 4 is 22.6 Å². The van der Waals surface area contributed by atoms with E-state index in [0.29, 0.717) is 6.79 Å². The predicted octanol–water partition coefficient (Wildman–Crippen LogP) is 5.17. The van der Waals surface area contributed by atoms with Crippen LogP contribution in [0.15, 0.2) is 66.7 Å². The summed E-state index contributed by atoms with van der Waals surface area (Å²) < 4.78 is 13.3. The van der Waals surface area contributed by atoms with Crippen LogP contribution in [-0.4, -0.2) is 52.3 Å². The summed E-state index contributed by atoms with van der Waals surface area (Å²) in [7, 11) is 0. The van der Waals surface area contributed by atoms with Crippen molar-refractivity contribution in [3.63, 3.8) is 0 Å². The van der Waals surface area contributed by atoms with Gasteiger partial charge in [0.05, 0.1) is 24.1 Å².